The first-order valence-electron chi connectivity index (χ1n) is 2.17. The van der Waals surface area contributed by atoms with E-state index >= 15 is 0 Å². The second-order valence-corrected chi connectivity index (χ2v) is 1.11. The molecule has 0 rings (SSSR count). The molecular formula is C6H9-. The molecule has 6 heavy (non-hydrogen) atoms. The summed E-state index contributed by atoms with van der Waals surface area (Å²) in [7, 11) is 0. The Morgan fingerprint density at radius 2 is 2.50 bits per heavy atom. The van der Waals surface area contributed by atoms with Gasteiger partial charge in [-0.15, -0.1) is 18.8 Å². The molecule has 0 N–H and O–H groups in total. The first kappa shape index (κ1) is 5.56. The van der Waals surface area contributed by atoms with Crippen molar-refractivity contribution < 1.29 is 0 Å². The van der Waals surface area contributed by atoms with Gasteiger partial charge in [0.05, 0.1) is 0 Å². The molecule has 0 nitrogen and oxygen atoms in total. The molecule has 0 aliphatic carbocycles. The summed E-state index contributed by atoms with van der Waals surface area (Å²) in [5.41, 5.74) is 0. The van der Waals surface area contributed by atoms with Crippen molar-refractivity contribution in [2.24, 2.45) is 0 Å². The minimum absolute atomic E-state index is 0.816. The molecule has 0 saturated heterocycles. The molecule has 0 bridgehead atoms. The maximum Gasteiger partial charge on any atom is -0.0925 e. The lowest BCUT2D eigenvalue weighted by Crippen LogP contribution is -1.64. The highest BCUT2D eigenvalue weighted by Gasteiger charge is 1.56. The highest BCUT2D eigenvalue weighted by molar-refractivity contribution is 4.89. The van der Waals surface area contributed by atoms with Crippen LogP contribution in [0.1, 0.15) is 19.8 Å². The molecule has 0 fully saturated rings. The molecule has 0 aromatic rings. The molecular weight excluding hydrogens is 72.1 g/mol. The van der Waals surface area contributed by atoms with Gasteiger partial charge in [-0.1, -0.05) is 6.92 Å². The average molecular weight is 81.1 g/mol. The van der Waals surface area contributed by atoms with Crippen molar-refractivity contribution in [1.29, 1.82) is 0 Å². The predicted octanol–water partition coefficient (Wildman–Crippen LogP) is 1.62. The zero-order valence-corrected chi connectivity index (χ0v) is 4.07. The van der Waals surface area contributed by atoms with Gasteiger partial charge in [-0.3, -0.25) is 0 Å². The fraction of sp³-hybridized carbons (Fsp3) is 0.500. The van der Waals surface area contributed by atoms with Crippen LogP contribution in [0.3, 0.4) is 0 Å². The smallest absolute Gasteiger partial charge is 0.0925 e. The molecule has 0 unspecified atom stereocenters. The minimum atomic E-state index is 0.816. The lowest BCUT2D eigenvalue weighted by Gasteiger charge is -1.95. The third-order valence-electron chi connectivity index (χ3n) is 0.551. The Bertz CT molecular complexity index is 47.5. The summed E-state index contributed by atoms with van der Waals surface area (Å²) in [6, 6.07) is 0. The lowest BCUT2D eigenvalue weighted by molar-refractivity contribution is 1.04. The van der Waals surface area contributed by atoms with Crippen LogP contribution in [0.2, 0.25) is 0 Å². The van der Waals surface area contributed by atoms with E-state index in [0.717, 1.165) is 12.8 Å². The van der Waals surface area contributed by atoms with Gasteiger partial charge < -0.3 is 6.42 Å². The summed E-state index contributed by atoms with van der Waals surface area (Å²) in [4.78, 5) is 0. The van der Waals surface area contributed by atoms with Crippen LogP contribution < -0.4 is 0 Å². The highest BCUT2D eigenvalue weighted by Crippen LogP contribution is 1.86. The van der Waals surface area contributed by atoms with E-state index in [9.17, 15) is 0 Å². The molecule has 0 aliphatic heterocycles. The Labute approximate surface area is 39.6 Å². The quantitative estimate of drug-likeness (QED) is 0.269. The van der Waals surface area contributed by atoms with E-state index < -0.39 is 0 Å². The first-order chi connectivity index (χ1) is 2.91. The second-order valence-electron chi connectivity index (χ2n) is 1.11. The van der Waals surface area contributed by atoms with E-state index in [4.69, 9.17) is 6.42 Å². The van der Waals surface area contributed by atoms with Gasteiger partial charge in [0.15, 0.2) is 0 Å². The summed E-state index contributed by atoms with van der Waals surface area (Å²) in [6.07, 6.45) is 8.91. The molecule has 0 heteroatoms. The van der Waals surface area contributed by atoms with Gasteiger partial charge in [0.2, 0.25) is 0 Å². The van der Waals surface area contributed by atoms with Crippen molar-refractivity contribution in [3.63, 3.8) is 0 Å². The van der Waals surface area contributed by atoms with Crippen molar-refractivity contribution >= 4 is 0 Å². The topological polar surface area (TPSA) is 0 Å². The number of hydrogen-bond acceptors (Lipinski definition) is 0. The van der Waals surface area contributed by atoms with Crippen LogP contribution in [0.5, 0.6) is 0 Å². The molecule has 0 aliphatic rings. The van der Waals surface area contributed by atoms with E-state index in [1.807, 2.05) is 0 Å². The third-order valence-corrected chi connectivity index (χ3v) is 0.551. The van der Waals surface area contributed by atoms with Gasteiger partial charge in [0, 0.05) is 0 Å². The Morgan fingerprint density at radius 1 is 1.83 bits per heavy atom. The number of unbranched alkanes of at least 4 members (excludes halogenated alkanes) is 2. The van der Waals surface area contributed by atoms with Crippen molar-refractivity contribution in [3.8, 4) is 12.3 Å². The molecule has 0 heterocycles. The standard InChI is InChI=1S/C6H9/c1-3-5-6-4-2/h1,6H,4-5H2,2H3/q-1. The average Bonchev–Trinajstić information content (AvgIpc) is 1.61. The fourth-order valence-corrected chi connectivity index (χ4v) is 0.228. The Kier molecular flexibility index (Phi) is 4.23. The van der Waals surface area contributed by atoms with Gasteiger partial charge in [-0.25, -0.2) is 0 Å². The zero-order chi connectivity index (χ0) is 4.83. The Morgan fingerprint density at radius 3 is 2.67 bits per heavy atom. The van der Waals surface area contributed by atoms with E-state index in [1.54, 1.807) is 0 Å². The molecule has 0 spiro atoms. The van der Waals surface area contributed by atoms with E-state index in [1.165, 1.54) is 0 Å². The van der Waals surface area contributed by atoms with Gasteiger partial charge in [0.1, 0.15) is 0 Å². The van der Waals surface area contributed by atoms with E-state index in [0.29, 0.717) is 0 Å². The first-order valence-corrected chi connectivity index (χ1v) is 2.17. The molecule has 0 aromatic heterocycles. The maximum atomic E-state index is 4.93. The molecule has 0 atom stereocenters. The number of hydrogen-bond donors (Lipinski definition) is 0. The van der Waals surface area contributed by atoms with Crippen molar-refractivity contribution in [3.05, 3.63) is 6.42 Å². The van der Waals surface area contributed by atoms with Crippen molar-refractivity contribution in [2.45, 2.75) is 19.8 Å². The van der Waals surface area contributed by atoms with Gasteiger partial charge in [-0.2, -0.15) is 6.42 Å². The monoisotopic (exact) mass is 81.1 g/mol. The summed E-state index contributed by atoms with van der Waals surface area (Å²) < 4.78 is 0. The summed E-state index contributed by atoms with van der Waals surface area (Å²) in [5.74, 6) is 2.51. The predicted molar refractivity (Wildman–Crippen MR) is 28.0 cm³/mol. The molecule has 0 radical (unpaired) electrons. The number of rotatable bonds is 2. The largest absolute Gasteiger partial charge is 0.317 e. The number of terminal acetylenes is 1. The van der Waals surface area contributed by atoms with Crippen molar-refractivity contribution in [1.82, 2.24) is 0 Å². The van der Waals surface area contributed by atoms with Crippen LogP contribution in [-0.2, 0) is 0 Å². The Hall–Kier alpha value is -0.440. The SMILES string of the molecule is C#CC[CH-]CC. The van der Waals surface area contributed by atoms with Crippen LogP contribution in [0.15, 0.2) is 0 Å². The van der Waals surface area contributed by atoms with Gasteiger partial charge in [0.25, 0.3) is 0 Å². The molecule has 0 saturated carbocycles. The van der Waals surface area contributed by atoms with Gasteiger partial charge in [-0.05, 0) is 0 Å². The Balaban J connectivity index is 2.54. The summed E-state index contributed by atoms with van der Waals surface area (Å²) in [5, 5.41) is 0. The summed E-state index contributed by atoms with van der Waals surface area (Å²) >= 11 is 0. The van der Waals surface area contributed by atoms with Crippen LogP contribution >= 0.6 is 0 Å². The zero-order valence-electron chi connectivity index (χ0n) is 4.07. The van der Waals surface area contributed by atoms with E-state index in [2.05, 4.69) is 19.3 Å². The minimum Gasteiger partial charge on any atom is -0.317 e. The lowest BCUT2D eigenvalue weighted by atomic mass is 10.3. The normalized spacial score (nSPS) is 7.33. The maximum absolute atomic E-state index is 4.93. The van der Waals surface area contributed by atoms with Crippen molar-refractivity contribution in [2.75, 3.05) is 0 Å². The van der Waals surface area contributed by atoms with Gasteiger partial charge >= 0.3 is 0 Å². The molecule has 0 amide bonds. The fourth-order valence-electron chi connectivity index (χ4n) is 0.228. The third kappa shape index (κ3) is 3.56. The highest BCUT2D eigenvalue weighted by atomic mass is 13.8. The van der Waals surface area contributed by atoms with Crippen LogP contribution in [0.4, 0.5) is 0 Å². The summed E-state index contributed by atoms with van der Waals surface area (Å²) in [6.45, 7) is 2.08. The molecule has 34 valence electrons. The second kappa shape index (κ2) is 4.56. The van der Waals surface area contributed by atoms with Crippen LogP contribution in [0, 0.1) is 18.8 Å². The van der Waals surface area contributed by atoms with Crippen LogP contribution in [0.25, 0.3) is 0 Å². The molecule has 0 aromatic carbocycles. The van der Waals surface area contributed by atoms with Crippen LogP contribution in [-0.4, -0.2) is 0 Å². The van der Waals surface area contributed by atoms with E-state index in [-0.39, 0.29) is 0 Å².